The molecular weight excluding hydrogens is 298 g/mol. The lowest BCUT2D eigenvalue weighted by molar-refractivity contribution is 0.102. The SMILES string of the molecule is Cc1csc(NC(=O)c2cccc(Oc3ccccn3)c2)n1. The average Bonchev–Trinajstić information content (AvgIpc) is 2.93. The number of pyridine rings is 1. The number of hydrogen-bond donors (Lipinski definition) is 1. The van der Waals surface area contributed by atoms with Gasteiger partial charge in [0.1, 0.15) is 5.75 Å². The van der Waals surface area contributed by atoms with Gasteiger partial charge in [0.25, 0.3) is 5.91 Å². The third kappa shape index (κ3) is 3.48. The summed E-state index contributed by atoms with van der Waals surface area (Å²) >= 11 is 1.40. The van der Waals surface area contributed by atoms with Crippen LogP contribution >= 0.6 is 11.3 Å². The van der Waals surface area contributed by atoms with Crippen LogP contribution in [-0.4, -0.2) is 15.9 Å². The van der Waals surface area contributed by atoms with Gasteiger partial charge >= 0.3 is 0 Å². The number of nitrogens with one attached hydrogen (secondary N) is 1. The van der Waals surface area contributed by atoms with Crippen LogP contribution in [0.5, 0.6) is 11.6 Å². The Morgan fingerprint density at radius 2 is 2.14 bits per heavy atom. The van der Waals surface area contributed by atoms with E-state index in [1.807, 2.05) is 24.4 Å². The number of amides is 1. The van der Waals surface area contributed by atoms with Crippen molar-refractivity contribution in [3.63, 3.8) is 0 Å². The average molecular weight is 311 g/mol. The zero-order valence-corrected chi connectivity index (χ0v) is 12.6. The van der Waals surface area contributed by atoms with Crippen molar-refractivity contribution in [2.75, 3.05) is 5.32 Å². The van der Waals surface area contributed by atoms with Gasteiger partial charge in [-0.25, -0.2) is 9.97 Å². The highest BCUT2D eigenvalue weighted by atomic mass is 32.1. The fraction of sp³-hybridized carbons (Fsp3) is 0.0625. The van der Waals surface area contributed by atoms with Crippen LogP contribution in [0.15, 0.2) is 54.0 Å². The van der Waals surface area contributed by atoms with E-state index in [9.17, 15) is 4.79 Å². The van der Waals surface area contributed by atoms with Crippen molar-refractivity contribution in [3.8, 4) is 11.6 Å². The maximum atomic E-state index is 12.2. The Morgan fingerprint density at radius 3 is 2.86 bits per heavy atom. The van der Waals surface area contributed by atoms with Gasteiger partial charge in [0.05, 0.1) is 5.69 Å². The molecule has 5 nitrogen and oxygen atoms in total. The van der Waals surface area contributed by atoms with Crippen molar-refractivity contribution >= 4 is 22.4 Å². The fourth-order valence-corrected chi connectivity index (χ4v) is 2.49. The number of aryl methyl sites for hydroxylation is 1. The van der Waals surface area contributed by atoms with Gasteiger partial charge in [0, 0.05) is 23.2 Å². The van der Waals surface area contributed by atoms with Crippen molar-refractivity contribution in [1.82, 2.24) is 9.97 Å². The summed E-state index contributed by atoms with van der Waals surface area (Å²) in [5.41, 5.74) is 1.38. The Bertz CT molecular complexity index is 787. The Morgan fingerprint density at radius 1 is 1.23 bits per heavy atom. The molecule has 6 heteroatoms. The number of carbonyl (C=O) groups excluding carboxylic acids is 1. The number of ether oxygens (including phenoxy) is 1. The predicted octanol–water partition coefficient (Wildman–Crippen LogP) is 3.89. The summed E-state index contributed by atoms with van der Waals surface area (Å²) in [6.07, 6.45) is 1.65. The molecule has 0 spiro atoms. The minimum atomic E-state index is -0.221. The first-order chi connectivity index (χ1) is 10.7. The van der Waals surface area contributed by atoms with Crippen LogP contribution in [0.25, 0.3) is 0 Å². The topological polar surface area (TPSA) is 64.1 Å². The van der Waals surface area contributed by atoms with Gasteiger partial charge in [0.2, 0.25) is 5.88 Å². The van der Waals surface area contributed by atoms with E-state index in [1.54, 1.807) is 36.5 Å². The van der Waals surface area contributed by atoms with E-state index in [1.165, 1.54) is 11.3 Å². The van der Waals surface area contributed by atoms with Crippen LogP contribution in [0.2, 0.25) is 0 Å². The normalized spacial score (nSPS) is 10.2. The molecule has 3 rings (SSSR count). The Balaban J connectivity index is 1.74. The quantitative estimate of drug-likeness (QED) is 0.794. The molecule has 2 aromatic heterocycles. The van der Waals surface area contributed by atoms with Gasteiger partial charge in [0.15, 0.2) is 5.13 Å². The van der Waals surface area contributed by atoms with E-state index >= 15 is 0 Å². The number of anilines is 1. The second-order valence-corrected chi connectivity index (χ2v) is 5.40. The number of thiazole rings is 1. The molecule has 1 N–H and O–H groups in total. The maximum absolute atomic E-state index is 12.2. The Kier molecular flexibility index (Phi) is 4.11. The van der Waals surface area contributed by atoms with Gasteiger partial charge in [-0.1, -0.05) is 12.1 Å². The van der Waals surface area contributed by atoms with Crippen LogP contribution in [-0.2, 0) is 0 Å². The third-order valence-corrected chi connectivity index (χ3v) is 3.67. The molecule has 110 valence electrons. The minimum Gasteiger partial charge on any atom is -0.439 e. The molecule has 0 radical (unpaired) electrons. The van der Waals surface area contributed by atoms with Crippen molar-refractivity contribution in [2.24, 2.45) is 0 Å². The summed E-state index contributed by atoms with van der Waals surface area (Å²) in [5.74, 6) is 0.818. The van der Waals surface area contributed by atoms with Crippen molar-refractivity contribution in [3.05, 3.63) is 65.3 Å². The van der Waals surface area contributed by atoms with E-state index in [-0.39, 0.29) is 5.91 Å². The highest BCUT2D eigenvalue weighted by Crippen LogP contribution is 2.21. The van der Waals surface area contributed by atoms with Crippen LogP contribution in [0, 0.1) is 6.92 Å². The molecule has 3 aromatic rings. The molecule has 0 saturated carbocycles. The summed E-state index contributed by atoms with van der Waals surface area (Å²) < 4.78 is 5.62. The highest BCUT2D eigenvalue weighted by molar-refractivity contribution is 7.13. The standard InChI is InChI=1S/C16H13N3O2S/c1-11-10-22-16(18-11)19-15(20)12-5-4-6-13(9-12)21-14-7-2-3-8-17-14/h2-10H,1H3,(H,18,19,20). The molecule has 0 atom stereocenters. The van der Waals surface area contributed by atoms with Gasteiger partial charge in [-0.15, -0.1) is 11.3 Å². The molecular formula is C16H13N3O2S. The van der Waals surface area contributed by atoms with Gasteiger partial charge in [-0.05, 0) is 31.2 Å². The number of benzene rings is 1. The lowest BCUT2D eigenvalue weighted by Crippen LogP contribution is -2.11. The zero-order valence-electron chi connectivity index (χ0n) is 11.8. The van der Waals surface area contributed by atoms with E-state index in [4.69, 9.17) is 4.74 Å². The first-order valence-corrected chi connectivity index (χ1v) is 7.51. The van der Waals surface area contributed by atoms with Crippen molar-refractivity contribution in [2.45, 2.75) is 6.92 Å². The van der Waals surface area contributed by atoms with Gasteiger partial charge < -0.3 is 4.74 Å². The number of aromatic nitrogens is 2. The minimum absolute atomic E-state index is 0.221. The summed E-state index contributed by atoms with van der Waals surface area (Å²) in [4.78, 5) is 20.5. The molecule has 0 aliphatic heterocycles. The van der Waals surface area contributed by atoms with Crippen LogP contribution in [0.4, 0.5) is 5.13 Å². The zero-order chi connectivity index (χ0) is 15.4. The van der Waals surface area contributed by atoms with Crippen molar-refractivity contribution in [1.29, 1.82) is 0 Å². The summed E-state index contributed by atoms with van der Waals surface area (Å²) in [7, 11) is 0. The molecule has 0 aliphatic carbocycles. The largest absolute Gasteiger partial charge is 0.439 e. The lowest BCUT2D eigenvalue weighted by atomic mass is 10.2. The van der Waals surface area contributed by atoms with E-state index in [0.29, 0.717) is 22.3 Å². The molecule has 0 saturated heterocycles. The summed E-state index contributed by atoms with van der Waals surface area (Å²) in [6.45, 7) is 1.88. The monoisotopic (exact) mass is 311 g/mol. The van der Waals surface area contributed by atoms with Crippen LogP contribution < -0.4 is 10.1 Å². The maximum Gasteiger partial charge on any atom is 0.257 e. The molecule has 22 heavy (non-hydrogen) atoms. The molecule has 0 fully saturated rings. The summed E-state index contributed by atoms with van der Waals surface area (Å²) in [6, 6.07) is 12.3. The lowest BCUT2D eigenvalue weighted by Gasteiger charge is -2.06. The van der Waals surface area contributed by atoms with Gasteiger partial charge in [-0.3, -0.25) is 10.1 Å². The predicted molar refractivity (Wildman–Crippen MR) is 85.6 cm³/mol. The third-order valence-electron chi connectivity index (χ3n) is 2.80. The van der Waals surface area contributed by atoms with E-state index < -0.39 is 0 Å². The molecule has 0 aliphatic rings. The second-order valence-electron chi connectivity index (χ2n) is 4.55. The first-order valence-electron chi connectivity index (χ1n) is 6.63. The summed E-state index contributed by atoms with van der Waals surface area (Å²) in [5, 5.41) is 5.23. The van der Waals surface area contributed by atoms with Crippen molar-refractivity contribution < 1.29 is 9.53 Å². The Hall–Kier alpha value is -2.73. The highest BCUT2D eigenvalue weighted by Gasteiger charge is 2.09. The molecule has 1 aromatic carbocycles. The molecule has 1 amide bonds. The van der Waals surface area contributed by atoms with Gasteiger partial charge in [-0.2, -0.15) is 0 Å². The fourth-order valence-electron chi connectivity index (χ4n) is 1.81. The van der Waals surface area contributed by atoms with E-state index in [2.05, 4.69) is 15.3 Å². The molecule has 2 heterocycles. The van der Waals surface area contributed by atoms with Crippen LogP contribution in [0.3, 0.4) is 0 Å². The second kappa shape index (κ2) is 6.36. The molecule has 0 unspecified atom stereocenters. The van der Waals surface area contributed by atoms with E-state index in [0.717, 1.165) is 5.69 Å². The Labute approximate surface area is 131 Å². The first kappa shape index (κ1) is 14.2. The number of hydrogen-bond acceptors (Lipinski definition) is 5. The number of nitrogens with zero attached hydrogens (tertiary/aromatic N) is 2. The van der Waals surface area contributed by atoms with Crippen LogP contribution in [0.1, 0.15) is 16.1 Å². The molecule has 0 bridgehead atoms. The smallest absolute Gasteiger partial charge is 0.257 e. The number of carbonyl (C=O) groups is 1. The number of rotatable bonds is 4.